The molecule has 0 atom stereocenters. The Labute approximate surface area is 79.7 Å². The minimum absolute atomic E-state index is 0.259. The van der Waals surface area contributed by atoms with Gasteiger partial charge in [-0.05, 0) is 5.41 Å². The van der Waals surface area contributed by atoms with Crippen molar-refractivity contribution in [2.75, 3.05) is 13.2 Å². The summed E-state index contributed by atoms with van der Waals surface area (Å²) in [5.74, 6) is 0. The number of aromatic nitrogens is 2. The minimum atomic E-state index is 0.259. The van der Waals surface area contributed by atoms with Crippen LogP contribution in [0.1, 0.15) is 20.8 Å². The highest BCUT2D eigenvalue weighted by atomic mass is 16.5. The van der Waals surface area contributed by atoms with Crippen molar-refractivity contribution in [1.29, 1.82) is 0 Å². The van der Waals surface area contributed by atoms with Crippen molar-refractivity contribution in [3.63, 3.8) is 0 Å². The number of rotatable bonds is 4. The molecule has 0 fully saturated rings. The molecule has 1 aromatic rings. The van der Waals surface area contributed by atoms with Crippen LogP contribution in [-0.4, -0.2) is 22.8 Å². The van der Waals surface area contributed by atoms with Crippen LogP contribution in [0.25, 0.3) is 0 Å². The highest BCUT2D eigenvalue weighted by molar-refractivity contribution is 4.73. The van der Waals surface area contributed by atoms with E-state index >= 15 is 0 Å². The molecule has 74 valence electrons. The third-order valence-corrected chi connectivity index (χ3v) is 1.59. The van der Waals surface area contributed by atoms with E-state index in [0.717, 1.165) is 19.8 Å². The summed E-state index contributed by atoms with van der Waals surface area (Å²) in [5.41, 5.74) is 0.259. The van der Waals surface area contributed by atoms with Crippen molar-refractivity contribution < 1.29 is 4.74 Å². The second-order valence-electron chi connectivity index (χ2n) is 4.41. The average Bonchev–Trinajstić information content (AvgIpc) is 2.48. The first-order valence-corrected chi connectivity index (χ1v) is 4.61. The van der Waals surface area contributed by atoms with Gasteiger partial charge in [0.05, 0.1) is 19.5 Å². The first-order chi connectivity index (χ1) is 6.08. The van der Waals surface area contributed by atoms with Gasteiger partial charge >= 0.3 is 0 Å². The number of ether oxygens (including phenoxy) is 1. The Morgan fingerprint density at radius 2 is 2.15 bits per heavy atom. The van der Waals surface area contributed by atoms with Crippen LogP contribution >= 0.6 is 0 Å². The molecule has 0 aliphatic heterocycles. The van der Waals surface area contributed by atoms with E-state index < -0.39 is 0 Å². The quantitative estimate of drug-likeness (QED) is 0.665. The van der Waals surface area contributed by atoms with Crippen LogP contribution in [0, 0.1) is 5.41 Å². The maximum absolute atomic E-state index is 5.52. The fraction of sp³-hybridized carbons (Fsp3) is 0.700. The molecule has 0 spiro atoms. The molecule has 0 aromatic carbocycles. The molecule has 0 radical (unpaired) electrons. The van der Waals surface area contributed by atoms with Gasteiger partial charge in [0.2, 0.25) is 0 Å². The van der Waals surface area contributed by atoms with E-state index in [1.807, 2.05) is 10.8 Å². The largest absolute Gasteiger partial charge is 0.379 e. The normalized spacial score (nSPS) is 11.9. The van der Waals surface area contributed by atoms with Crippen LogP contribution in [0.15, 0.2) is 18.7 Å². The SMILES string of the molecule is CC(C)(C)COCCn1ccnc1. The molecule has 0 bridgehead atoms. The highest BCUT2D eigenvalue weighted by Crippen LogP contribution is 2.12. The van der Waals surface area contributed by atoms with Gasteiger partial charge in [-0.3, -0.25) is 0 Å². The minimum Gasteiger partial charge on any atom is -0.379 e. The van der Waals surface area contributed by atoms with Gasteiger partial charge in [0, 0.05) is 18.9 Å². The van der Waals surface area contributed by atoms with Crippen LogP contribution in [0.2, 0.25) is 0 Å². The lowest BCUT2D eigenvalue weighted by molar-refractivity contribution is 0.0661. The third kappa shape index (κ3) is 4.68. The van der Waals surface area contributed by atoms with E-state index in [1.165, 1.54) is 0 Å². The molecule has 1 rings (SSSR count). The Morgan fingerprint density at radius 1 is 1.38 bits per heavy atom. The van der Waals surface area contributed by atoms with Gasteiger partial charge in [0.15, 0.2) is 0 Å². The van der Waals surface area contributed by atoms with E-state index in [2.05, 4.69) is 25.8 Å². The first kappa shape index (κ1) is 10.3. The number of hydrogen-bond acceptors (Lipinski definition) is 2. The van der Waals surface area contributed by atoms with Crippen LogP contribution in [-0.2, 0) is 11.3 Å². The van der Waals surface area contributed by atoms with Gasteiger partial charge < -0.3 is 9.30 Å². The second kappa shape index (κ2) is 4.42. The summed E-state index contributed by atoms with van der Waals surface area (Å²) >= 11 is 0. The topological polar surface area (TPSA) is 27.1 Å². The van der Waals surface area contributed by atoms with Crippen LogP contribution in [0.3, 0.4) is 0 Å². The maximum atomic E-state index is 5.52. The van der Waals surface area contributed by atoms with E-state index in [4.69, 9.17) is 4.74 Å². The van der Waals surface area contributed by atoms with Gasteiger partial charge in [-0.1, -0.05) is 20.8 Å². The predicted octanol–water partition coefficient (Wildman–Crippen LogP) is 1.95. The molecule has 1 aromatic heterocycles. The summed E-state index contributed by atoms with van der Waals surface area (Å²) < 4.78 is 7.54. The van der Waals surface area contributed by atoms with Crippen molar-refractivity contribution in [2.45, 2.75) is 27.3 Å². The van der Waals surface area contributed by atoms with Crippen molar-refractivity contribution in [1.82, 2.24) is 9.55 Å². The zero-order valence-corrected chi connectivity index (χ0v) is 8.66. The zero-order valence-electron chi connectivity index (χ0n) is 8.66. The van der Waals surface area contributed by atoms with E-state index in [0.29, 0.717) is 0 Å². The van der Waals surface area contributed by atoms with Crippen molar-refractivity contribution >= 4 is 0 Å². The molecule has 0 amide bonds. The smallest absolute Gasteiger partial charge is 0.0946 e. The lowest BCUT2D eigenvalue weighted by atomic mass is 9.99. The number of nitrogens with zero attached hydrogens (tertiary/aromatic N) is 2. The Hall–Kier alpha value is -0.830. The van der Waals surface area contributed by atoms with Crippen molar-refractivity contribution in [3.05, 3.63) is 18.7 Å². The van der Waals surface area contributed by atoms with Gasteiger partial charge in [0.1, 0.15) is 0 Å². The predicted molar refractivity (Wildman–Crippen MR) is 52.5 cm³/mol. The Kier molecular flexibility index (Phi) is 3.48. The van der Waals surface area contributed by atoms with Gasteiger partial charge in [-0.15, -0.1) is 0 Å². The summed E-state index contributed by atoms with van der Waals surface area (Å²) in [7, 11) is 0. The molecule has 0 saturated carbocycles. The molecule has 0 aliphatic rings. The Morgan fingerprint density at radius 3 is 2.69 bits per heavy atom. The van der Waals surface area contributed by atoms with E-state index in [1.54, 1.807) is 12.5 Å². The molecular formula is C10H18N2O. The lowest BCUT2D eigenvalue weighted by Gasteiger charge is -2.17. The molecule has 3 nitrogen and oxygen atoms in total. The molecular weight excluding hydrogens is 164 g/mol. The van der Waals surface area contributed by atoms with Crippen LogP contribution < -0.4 is 0 Å². The Balaban J connectivity index is 2.09. The fourth-order valence-corrected chi connectivity index (χ4v) is 0.967. The number of hydrogen-bond donors (Lipinski definition) is 0. The molecule has 1 heterocycles. The summed E-state index contributed by atoms with van der Waals surface area (Å²) in [6.07, 6.45) is 5.53. The lowest BCUT2D eigenvalue weighted by Crippen LogP contribution is -2.16. The summed E-state index contributed by atoms with van der Waals surface area (Å²) in [5, 5.41) is 0. The molecule has 0 N–H and O–H groups in total. The van der Waals surface area contributed by atoms with E-state index in [-0.39, 0.29) is 5.41 Å². The molecule has 3 heteroatoms. The van der Waals surface area contributed by atoms with Gasteiger partial charge in [0.25, 0.3) is 0 Å². The number of imidazole rings is 1. The summed E-state index contributed by atoms with van der Waals surface area (Å²) in [6.45, 7) is 8.96. The van der Waals surface area contributed by atoms with Crippen LogP contribution in [0.5, 0.6) is 0 Å². The Bertz CT molecular complexity index is 224. The van der Waals surface area contributed by atoms with Crippen molar-refractivity contribution in [3.8, 4) is 0 Å². The molecule has 13 heavy (non-hydrogen) atoms. The maximum Gasteiger partial charge on any atom is 0.0946 e. The summed E-state index contributed by atoms with van der Waals surface area (Å²) in [4.78, 5) is 3.96. The third-order valence-electron chi connectivity index (χ3n) is 1.59. The summed E-state index contributed by atoms with van der Waals surface area (Å²) in [6, 6.07) is 0. The van der Waals surface area contributed by atoms with Gasteiger partial charge in [-0.2, -0.15) is 0 Å². The zero-order chi connectivity index (χ0) is 9.73. The van der Waals surface area contributed by atoms with Crippen LogP contribution in [0.4, 0.5) is 0 Å². The average molecular weight is 182 g/mol. The molecule has 0 unspecified atom stereocenters. The monoisotopic (exact) mass is 182 g/mol. The van der Waals surface area contributed by atoms with Crippen molar-refractivity contribution in [2.24, 2.45) is 5.41 Å². The molecule has 0 aliphatic carbocycles. The second-order valence-corrected chi connectivity index (χ2v) is 4.41. The molecule has 0 saturated heterocycles. The standard InChI is InChI=1S/C10H18N2O/c1-10(2,3)8-13-7-6-12-5-4-11-9-12/h4-5,9H,6-8H2,1-3H3. The van der Waals surface area contributed by atoms with E-state index in [9.17, 15) is 0 Å². The van der Waals surface area contributed by atoms with Gasteiger partial charge in [-0.25, -0.2) is 4.98 Å². The fourth-order valence-electron chi connectivity index (χ4n) is 0.967. The first-order valence-electron chi connectivity index (χ1n) is 4.61. The highest BCUT2D eigenvalue weighted by Gasteiger charge is 2.09.